The van der Waals surface area contributed by atoms with E-state index < -0.39 is 0 Å². The van der Waals surface area contributed by atoms with Gasteiger partial charge in [0.25, 0.3) is 0 Å². The molecule has 0 amide bonds. The first-order valence-corrected chi connectivity index (χ1v) is 7.04. The summed E-state index contributed by atoms with van der Waals surface area (Å²) in [6, 6.07) is 7.01. The van der Waals surface area contributed by atoms with Crippen molar-refractivity contribution in [2.45, 2.75) is 25.8 Å². The Kier molecular flexibility index (Phi) is 4.84. The Balaban J connectivity index is 1.87. The fraction of sp³-hybridized carbons (Fsp3) is 0.357. The lowest BCUT2D eigenvalue weighted by atomic mass is 10.0. The standard InChI is InChI=1S/C14H17FN2S/c1-2-13(11-3-5-12(15)6-4-11)16-8-7-14-17-9-10-18-14/h3-6,9-10,13,16H,2,7-8H2,1H3. The van der Waals surface area contributed by atoms with Crippen LogP contribution >= 0.6 is 11.3 Å². The van der Waals surface area contributed by atoms with Crippen molar-refractivity contribution >= 4 is 11.3 Å². The van der Waals surface area contributed by atoms with Crippen molar-refractivity contribution in [3.05, 3.63) is 52.2 Å². The molecule has 0 saturated carbocycles. The van der Waals surface area contributed by atoms with Crippen molar-refractivity contribution in [3.63, 3.8) is 0 Å². The molecule has 1 aromatic carbocycles. The van der Waals surface area contributed by atoms with Gasteiger partial charge in [-0.3, -0.25) is 0 Å². The molecule has 1 N–H and O–H groups in total. The van der Waals surface area contributed by atoms with Crippen LogP contribution in [-0.2, 0) is 6.42 Å². The molecule has 0 fully saturated rings. The van der Waals surface area contributed by atoms with Crippen molar-refractivity contribution in [1.29, 1.82) is 0 Å². The number of hydrogen-bond donors (Lipinski definition) is 1. The molecule has 2 aromatic rings. The third-order valence-corrected chi connectivity index (χ3v) is 3.73. The van der Waals surface area contributed by atoms with E-state index in [0.29, 0.717) is 0 Å². The lowest BCUT2D eigenvalue weighted by Crippen LogP contribution is -2.23. The Labute approximate surface area is 111 Å². The molecule has 1 heterocycles. The summed E-state index contributed by atoms with van der Waals surface area (Å²) in [6.07, 6.45) is 3.76. The van der Waals surface area contributed by atoms with Gasteiger partial charge >= 0.3 is 0 Å². The van der Waals surface area contributed by atoms with Crippen LogP contribution in [0.5, 0.6) is 0 Å². The van der Waals surface area contributed by atoms with E-state index in [2.05, 4.69) is 17.2 Å². The zero-order chi connectivity index (χ0) is 12.8. The van der Waals surface area contributed by atoms with Crippen molar-refractivity contribution in [3.8, 4) is 0 Å². The largest absolute Gasteiger partial charge is 0.310 e. The molecule has 0 bridgehead atoms. The van der Waals surface area contributed by atoms with Crippen LogP contribution in [0.3, 0.4) is 0 Å². The normalized spacial score (nSPS) is 12.6. The van der Waals surface area contributed by atoms with Crippen LogP contribution in [0.2, 0.25) is 0 Å². The first-order chi connectivity index (χ1) is 8.79. The molecule has 0 aliphatic rings. The number of rotatable bonds is 6. The quantitative estimate of drug-likeness (QED) is 0.863. The Morgan fingerprint density at radius 3 is 2.72 bits per heavy atom. The van der Waals surface area contributed by atoms with Gasteiger partial charge in [0.2, 0.25) is 0 Å². The fourth-order valence-electron chi connectivity index (χ4n) is 1.92. The maximum absolute atomic E-state index is 12.9. The summed E-state index contributed by atoms with van der Waals surface area (Å²) in [4.78, 5) is 4.25. The molecule has 0 saturated heterocycles. The van der Waals surface area contributed by atoms with Crippen molar-refractivity contribution in [2.75, 3.05) is 6.54 Å². The van der Waals surface area contributed by atoms with Gasteiger partial charge in [-0.15, -0.1) is 11.3 Å². The number of thiazole rings is 1. The summed E-state index contributed by atoms with van der Waals surface area (Å²) in [5.41, 5.74) is 1.14. The molecule has 0 radical (unpaired) electrons. The maximum atomic E-state index is 12.9. The van der Waals surface area contributed by atoms with Crippen LogP contribution in [0, 0.1) is 5.82 Å². The summed E-state index contributed by atoms with van der Waals surface area (Å²) in [6.45, 7) is 3.02. The molecule has 2 rings (SSSR count). The van der Waals surface area contributed by atoms with E-state index in [4.69, 9.17) is 0 Å². The Hall–Kier alpha value is -1.26. The summed E-state index contributed by atoms with van der Waals surface area (Å²) in [7, 11) is 0. The van der Waals surface area contributed by atoms with Crippen molar-refractivity contribution in [1.82, 2.24) is 10.3 Å². The van der Waals surface area contributed by atoms with E-state index in [9.17, 15) is 4.39 Å². The van der Waals surface area contributed by atoms with E-state index in [1.54, 1.807) is 11.3 Å². The van der Waals surface area contributed by atoms with Crippen LogP contribution < -0.4 is 5.32 Å². The third kappa shape index (κ3) is 3.62. The number of hydrogen-bond acceptors (Lipinski definition) is 3. The van der Waals surface area contributed by atoms with Crippen molar-refractivity contribution in [2.24, 2.45) is 0 Å². The highest BCUT2D eigenvalue weighted by Gasteiger charge is 2.08. The highest BCUT2D eigenvalue weighted by Crippen LogP contribution is 2.17. The van der Waals surface area contributed by atoms with Crippen molar-refractivity contribution < 1.29 is 4.39 Å². The number of nitrogens with zero attached hydrogens (tertiary/aromatic N) is 1. The Morgan fingerprint density at radius 2 is 2.11 bits per heavy atom. The summed E-state index contributed by atoms with van der Waals surface area (Å²) in [5.74, 6) is -0.184. The van der Waals surface area contributed by atoms with Crippen LogP contribution in [0.4, 0.5) is 4.39 Å². The highest BCUT2D eigenvalue weighted by molar-refractivity contribution is 7.09. The smallest absolute Gasteiger partial charge is 0.123 e. The molecule has 0 spiro atoms. The molecule has 2 nitrogen and oxygen atoms in total. The molecule has 0 aliphatic carbocycles. The maximum Gasteiger partial charge on any atom is 0.123 e. The third-order valence-electron chi connectivity index (χ3n) is 2.89. The first-order valence-electron chi connectivity index (χ1n) is 6.17. The Morgan fingerprint density at radius 1 is 1.33 bits per heavy atom. The predicted octanol–water partition coefficient (Wildman–Crippen LogP) is 3.57. The van der Waals surface area contributed by atoms with Gasteiger partial charge in [0, 0.05) is 30.6 Å². The van der Waals surface area contributed by atoms with Crippen LogP contribution in [0.25, 0.3) is 0 Å². The summed E-state index contributed by atoms with van der Waals surface area (Å²) in [5, 5.41) is 6.63. The van der Waals surface area contributed by atoms with E-state index in [1.165, 1.54) is 12.1 Å². The zero-order valence-electron chi connectivity index (χ0n) is 10.4. The molecule has 1 atom stereocenters. The van der Waals surface area contributed by atoms with Crippen LogP contribution in [0.1, 0.15) is 30.0 Å². The van der Waals surface area contributed by atoms with Crippen LogP contribution in [-0.4, -0.2) is 11.5 Å². The number of nitrogens with one attached hydrogen (secondary N) is 1. The van der Waals surface area contributed by atoms with E-state index in [0.717, 1.165) is 30.0 Å². The van der Waals surface area contributed by atoms with Gasteiger partial charge in [-0.05, 0) is 24.1 Å². The predicted molar refractivity (Wildman–Crippen MR) is 73.3 cm³/mol. The van der Waals surface area contributed by atoms with E-state index in [-0.39, 0.29) is 11.9 Å². The highest BCUT2D eigenvalue weighted by atomic mass is 32.1. The molecule has 1 unspecified atom stereocenters. The number of aromatic nitrogens is 1. The molecule has 18 heavy (non-hydrogen) atoms. The molecular formula is C14H17FN2S. The SMILES string of the molecule is CCC(NCCc1nccs1)c1ccc(F)cc1. The number of benzene rings is 1. The first kappa shape index (κ1) is 13.2. The second-order valence-electron chi connectivity index (χ2n) is 4.14. The van der Waals surface area contributed by atoms with E-state index >= 15 is 0 Å². The summed E-state index contributed by atoms with van der Waals surface area (Å²) >= 11 is 1.68. The van der Waals surface area contributed by atoms with Gasteiger partial charge in [-0.25, -0.2) is 9.37 Å². The zero-order valence-corrected chi connectivity index (χ0v) is 11.2. The van der Waals surface area contributed by atoms with Crippen LogP contribution in [0.15, 0.2) is 35.8 Å². The minimum Gasteiger partial charge on any atom is -0.310 e. The van der Waals surface area contributed by atoms with E-state index in [1.807, 2.05) is 23.7 Å². The molecule has 96 valence electrons. The minimum atomic E-state index is -0.184. The lowest BCUT2D eigenvalue weighted by molar-refractivity contribution is 0.521. The van der Waals surface area contributed by atoms with Gasteiger partial charge < -0.3 is 5.32 Å². The van der Waals surface area contributed by atoms with Gasteiger partial charge in [0.15, 0.2) is 0 Å². The second kappa shape index (κ2) is 6.61. The number of halogens is 1. The molecule has 4 heteroatoms. The lowest BCUT2D eigenvalue weighted by Gasteiger charge is -2.17. The van der Waals surface area contributed by atoms with Gasteiger partial charge in [-0.1, -0.05) is 19.1 Å². The summed E-state index contributed by atoms with van der Waals surface area (Å²) < 4.78 is 12.9. The van der Waals surface area contributed by atoms with Gasteiger partial charge in [0.05, 0.1) is 5.01 Å². The molecular weight excluding hydrogens is 247 g/mol. The second-order valence-corrected chi connectivity index (χ2v) is 5.12. The Bertz CT molecular complexity index is 453. The monoisotopic (exact) mass is 264 g/mol. The average Bonchev–Trinajstić information content (AvgIpc) is 2.89. The molecule has 1 aromatic heterocycles. The molecule has 0 aliphatic heterocycles. The van der Waals surface area contributed by atoms with Gasteiger partial charge in [0.1, 0.15) is 5.82 Å². The van der Waals surface area contributed by atoms with Gasteiger partial charge in [-0.2, -0.15) is 0 Å². The average molecular weight is 264 g/mol. The fourth-order valence-corrected chi connectivity index (χ4v) is 2.54. The topological polar surface area (TPSA) is 24.9 Å². The minimum absolute atomic E-state index is 0.184.